The molecule has 140 valence electrons. The molecule has 2 aromatic carbocycles. The molecule has 10 nitrogen and oxygen atoms in total. The van der Waals surface area contributed by atoms with E-state index >= 15 is 0 Å². The highest BCUT2D eigenvalue weighted by Gasteiger charge is 2.17. The normalized spacial score (nSPS) is 10.9. The summed E-state index contributed by atoms with van der Waals surface area (Å²) in [7, 11) is 0. The Hall–Kier alpha value is -4.08. The van der Waals surface area contributed by atoms with Crippen LogP contribution in [0.1, 0.15) is 27.9 Å². The zero-order valence-electron chi connectivity index (χ0n) is 14.7. The van der Waals surface area contributed by atoms with E-state index in [1.165, 1.54) is 21.8 Å². The Kier molecular flexibility index (Phi) is 4.28. The minimum atomic E-state index is -1.16. The molecule has 0 radical (unpaired) electrons. The van der Waals surface area contributed by atoms with Crippen LogP contribution in [-0.4, -0.2) is 53.6 Å². The number of nitrogens with zero attached hydrogens (tertiary/aromatic N) is 6. The Morgan fingerprint density at radius 2 is 1.54 bits per heavy atom. The summed E-state index contributed by atoms with van der Waals surface area (Å²) in [5.41, 5.74) is 1.18. The molecule has 2 aromatic heterocycles. The van der Waals surface area contributed by atoms with Gasteiger partial charge in [0.1, 0.15) is 0 Å². The van der Waals surface area contributed by atoms with Crippen LogP contribution < -0.4 is 0 Å². The van der Waals surface area contributed by atoms with Gasteiger partial charge in [-0.25, -0.2) is 19.0 Å². The summed E-state index contributed by atoms with van der Waals surface area (Å²) in [6, 6.07) is 11.1. The van der Waals surface area contributed by atoms with Crippen molar-refractivity contribution in [2.45, 2.75) is 6.92 Å². The molecule has 0 saturated heterocycles. The summed E-state index contributed by atoms with van der Waals surface area (Å²) in [5, 5.41) is 26.2. The number of esters is 1. The second kappa shape index (κ2) is 6.91. The van der Waals surface area contributed by atoms with Crippen molar-refractivity contribution in [3.8, 4) is 11.4 Å². The van der Waals surface area contributed by atoms with Gasteiger partial charge in [-0.2, -0.15) is 0 Å². The average Bonchev–Trinajstić information content (AvgIpc) is 3.37. The Morgan fingerprint density at radius 1 is 0.964 bits per heavy atom. The fraction of sp³-hybridized carbons (Fsp3) is 0.111. The predicted octanol–water partition coefficient (Wildman–Crippen LogP) is 1.88. The third kappa shape index (κ3) is 2.96. The van der Waals surface area contributed by atoms with Crippen LogP contribution in [0.5, 0.6) is 0 Å². The molecule has 0 amide bonds. The van der Waals surface area contributed by atoms with Crippen LogP contribution in [0.25, 0.3) is 22.1 Å². The van der Waals surface area contributed by atoms with Gasteiger partial charge in [0, 0.05) is 5.39 Å². The molecule has 1 N–H and O–H groups in total. The molecule has 28 heavy (non-hydrogen) atoms. The Labute approximate surface area is 158 Å². The summed E-state index contributed by atoms with van der Waals surface area (Å²) >= 11 is 0. The molecular formula is C18H14N6O4. The number of carboxylic acid groups (broad SMARTS) is 1. The predicted molar refractivity (Wildman–Crippen MR) is 96.7 cm³/mol. The van der Waals surface area contributed by atoms with Crippen molar-refractivity contribution in [1.29, 1.82) is 0 Å². The minimum Gasteiger partial charge on any atom is -0.476 e. The van der Waals surface area contributed by atoms with Crippen LogP contribution in [0.3, 0.4) is 0 Å². The van der Waals surface area contributed by atoms with Gasteiger partial charge in [-0.15, -0.1) is 10.2 Å². The lowest BCUT2D eigenvalue weighted by atomic mass is 10.1. The monoisotopic (exact) mass is 378 g/mol. The van der Waals surface area contributed by atoms with E-state index in [2.05, 4.69) is 20.6 Å². The van der Waals surface area contributed by atoms with Crippen molar-refractivity contribution >= 4 is 22.7 Å². The number of carboxylic acids is 1. The number of aromatic nitrogens is 6. The molecule has 0 aliphatic rings. The van der Waals surface area contributed by atoms with E-state index in [1.807, 2.05) is 30.3 Å². The van der Waals surface area contributed by atoms with Crippen molar-refractivity contribution in [1.82, 2.24) is 30.0 Å². The maximum absolute atomic E-state index is 11.9. The molecule has 0 unspecified atom stereocenters. The van der Waals surface area contributed by atoms with E-state index in [-0.39, 0.29) is 18.0 Å². The van der Waals surface area contributed by atoms with Gasteiger partial charge in [-0.1, -0.05) is 34.7 Å². The Morgan fingerprint density at radius 3 is 2.07 bits per heavy atom. The molecule has 0 bridgehead atoms. The summed E-state index contributed by atoms with van der Waals surface area (Å²) in [4.78, 5) is 23.0. The first-order chi connectivity index (χ1) is 13.6. The number of fused-ring (bicyclic) bond motifs is 1. The standard InChI is InChI=1S/C18H14N6O4/c1-2-28-18(27)13-10-24(22-20-13)15-8-4-6-11-5-3-7-14(16(11)15)23-9-12(17(25)26)19-21-23/h3-10H,2H2,1H3,(H,25,26). The third-order valence-corrected chi connectivity index (χ3v) is 4.04. The summed E-state index contributed by atoms with van der Waals surface area (Å²) in [6.07, 6.45) is 2.81. The van der Waals surface area contributed by atoms with E-state index in [0.717, 1.165) is 10.8 Å². The molecule has 0 spiro atoms. The first-order valence-electron chi connectivity index (χ1n) is 8.36. The number of ether oxygens (including phenoxy) is 1. The molecule has 4 rings (SSSR count). The quantitative estimate of drug-likeness (QED) is 0.522. The summed E-state index contributed by atoms with van der Waals surface area (Å²) in [6.45, 7) is 1.95. The van der Waals surface area contributed by atoms with Crippen molar-refractivity contribution in [2.24, 2.45) is 0 Å². The van der Waals surface area contributed by atoms with Gasteiger partial charge < -0.3 is 9.84 Å². The number of hydrogen-bond acceptors (Lipinski definition) is 7. The average molecular weight is 378 g/mol. The third-order valence-electron chi connectivity index (χ3n) is 4.04. The molecule has 4 aromatic rings. The highest BCUT2D eigenvalue weighted by atomic mass is 16.5. The van der Waals surface area contributed by atoms with Crippen LogP contribution in [0.15, 0.2) is 48.8 Å². The lowest BCUT2D eigenvalue weighted by molar-refractivity contribution is 0.0519. The lowest BCUT2D eigenvalue weighted by Gasteiger charge is -2.10. The van der Waals surface area contributed by atoms with Crippen molar-refractivity contribution in [3.05, 3.63) is 60.2 Å². The van der Waals surface area contributed by atoms with Gasteiger partial charge in [0.05, 0.1) is 30.4 Å². The van der Waals surface area contributed by atoms with E-state index in [4.69, 9.17) is 9.84 Å². The van der Waals surface area contributed by atoms with Crippen molar-refractivity contribution < 1.29 is 19.4 Å². The molecule has 0 aliphatic heterocycles. The molecule has 10 heteroatoms. The van der Waals surface area contributed by atoms with Crippen LogP contribution in [-0.2, 0) is 4.74 Å². The maximum Gasteiger partial charge on any atom is 0.360 e. The maximum atomic E-state index is 11.9. The second-order valence-electron chi connectivity index (χ2n) is 5.77. The van der Waals surface area contributed by atoms with Crippen LogP contribution in [0.2, 0.25) is 0 Å². The van der Waals surface area contributed by atoms with E-state index in [1.54, 1.807) is 13.0 Å². The van der Waals surface area contributed by atoms with Gasteiger partial charge in [0.2, 0.25) is 0 Å². The van der Waals surface area contributed by atoms with E-state index < -0.39 is 11.9 Å². The van der Waals surface area contributed by atoms with E-state index in [0.29, 0.717) is 11.4 Å². The van der Waals surface area contributed by atoms with Crippen LogP contribution in [0, 0.1) is 0 Å². The van der Waals surface area contributed by atoms with Gasteiger partial charge in [-0.05, 0) is 24.4 Å². The highest BCUT2D eigenvalue weighted by molar-refractivity contribution is 5.97. The number of hydrogen-bond donors (Lipinski definition) is 1. The second-order valence-corrected chi connectivity index (χ2v) is 5.77. The zero-order valence-corrected chi connectivity index (χ0v) is 14.7. The number of carbonyl (C=O) groups excluding carboxylic acids is 1. The number of aromatic carboxylic acids is 1. The molecular weight excluding hydrogens is 364 g/mol. The van der Waals surface area contributed by atoms with Gasteiger partial charge in [0.25, 0.3) is 0 Å². The molecule has 0 saturated carbocycles. The zero-order chi connectivity index (χ0) is 19.7. The molecule has 2 heterocycles. The Bertz CT molecular complexity index is 1190. The van der Waals surface area contributed by atoms with Gasteiger partial charge in [-0.3, -0.25) is 0 Å². The molecule has 0 fully saturated rings. The number of carbonyl (C=O) groups is 2. The molecule has 0 aliphatic carbocycles. The fourth-order valence-electron chi connectivity index (χ4n) is 2.84. The Balaban J connectivity index is 1.88. The summed E-state index contributed by atoms with van der Waals surface area (Å²) < 4.78 is 7.80. The largest absolute Gasteiger partial charge is 0.476 e. The minimum absolute atomic E-state index is 0.0882. The van der Waals surface area contributed by atoms with Gasteiger partial charge >= 0.3 is 11.9 Å². The lowest BCUT2D eigenvalue weighted by Crippen LogP contribution is -2.04. The number of benzene rings is 2. The summed E-state index contributed by atoms with van der Waals surface area (Å²) in [5.74, 6) is -1.72. The topological polar surface area (TPSA) is 125 Å². The van der Waals surface area contributed by atoms with Gasteiger partial charge in [0.15, 0.2) is 11.4 Å². The first-order valence-corrected chi connectivity index (χ1v) is 8.36. The van der Waals surface area contributed by atoms with E-state index in [9.17, 15) is 9.59 Å². The first kappa shape index (κ1) is 17.3. The fourth-order valence-corrected chi connectivity index (χ4v) is 2.84. The van der Waals surface area contributed by atoms with Crippen molar-refractivity contribution in [2.75, 3.05) is 6.61 Å². The van der Waals surface area contributed by atoms with Crippen LogP contribution >= 0.6 is 0 Å². The number of rotatable bonds is 5. The highest BCUT2D eigenvalue weighted by Crippen LogP contribution is 2.28. The SMILES string of the molecule is CCOC(=O)c1cn(-c2cccc3cccc(-n4cc(C(=O)O)nn4)c23)nn1. The van der Waals surface area contributed by atoms with Crippen molar-refractivity contribution in [3.63, 3.8) is 0 Å². The molecule has 0 atom stereocenters. The smallest absolute Gasteiger partial charge is 0.360 e. The van der Waals surface area contributed by atoms with Crippen LogP contribution in [0.4, 0.5) is 0 Å².